The largest absolute Gasteiger partial charge is 0.378 e. The van der Waals surface area contributed by atoms with Crippen molar-refractivity contribution in [3.63, 3.8) is 0 Å². The first-order valence-corrected chi connectivity index (χ1v) is 6.89. The van der Waals surface area contributed by atoms with Gasteiger partial charge in [0.05, 0.1) is 12.7 Å². The smallest absolute Gasteiger partial charge is 0.0549 e. The van der Waals surface area contributed by atoms with Crippen molar-refractivity contribution in [1.82, 2.24) is 0 Å². The fourth-order valence-electron chi connectivity index (χ4n) is 1.65. The minimum absolute atomic E-state index is 0.411. The highest BCUT2D eigenvalue weighted by Gasteiger charge is 2.10. The van der Waals surface area contributed by atoms with Crippen molar-refractivity contribution in [3.8, 4) is 0 Å². The molecule has 14 heavy (non-hydrogen) atoms. The minimum Gasteiger partial charge on any atom is -0.378 e. The van der Waals surface area contributed by atoms with Gasteiger partial charge in [-0.1, -0.05) is 43.1 Å². The van der Waals surface area contributed by atoms with Crippen LogP contribution in [-0.4, -0.2) is 18.0 Å². The van der Waals surface area contributed by atoms with Gasteiger partial charge < -0.3 is 4.74 Å². The van der Waals surface area contributed by atoms with E-state index >= 15 is 0 Å². The summed E-state index contributed by atoms with van der Waals surface area (Å²) in [6.45, 7) is 9.80. The van der Waals surface area contributed by atoms with Gasteiger partial charge in [0.25, 0.3) is 0 Å². The lowest BCUT2D eigenvalue weighted by molar-refractivity contribution is 0.0313. The second-order valence-electron chi connectivity index (χ2n) is 4.58. The van der Waals surface area contributed by atoms with Crippen molar-refractivity contribution >= 4 is 15.9 Å². The zero-order valence-electron chi connectivity index (χ0n) is 10.1. The SMILES string of the molecule is CCCC(CBr)COC(C)CC(C)C. The van der Waals surface area contributed by atoms with Crippen molar-refractivity contribution in [3.05, 3.63) is 0 Å². The van der Waals surface area contributed by atoms with Crippen LogP contribution < -0.4 is 0 Å². The van der Waals surface area contributed by atoms with Crippen molar-refractivity contribution in [2.24, 2.45) is 11.8 Å². The average Bonchev–Trinajstić information content (AvgIpc) is 2.11. The maximum Gasteiger partial charge on any atom is 0.0549 e. The highest BCUT2D eigenvalue weighted by Crippen LogP contribution is 2.13. The normalized spacial score (nSPS) is 15.9. The van der Waals surface area contributed by atoms with E-state index in [2.05, 4.69) is 43.6 Å². The van der Waals surface area contributed by atoms with E-state index in [1.807, 2.05) is 0 Å². The average molecular weight is 265 g/mol. The summed E-state index contributed by atoms with van der Waals surface area (Å²) in [6.07, 6.45) is 4.09. The molecular weight excluding hydrogens is 240 g/mol. The van der Waals surface area contributed by atoms with Crippen LogP contribution in [0.2, 0.25) is 0 Å². The number of hydrogen-bond donors (Lipinski definition) is 0. The first-order valence-electron chi connectivity index (χ1n) is 5.77. The summed E-state index contributed by atoms with van der Waals surface area (Å²) in [4.78, 5) is 0. The highest BCUT2D eigenvalue weighted by molar-refractivity contribution is 9.09. The fraction of sp³-hybridized carbons (Fsp3) is 1.00. The van der Waals surface area contributed by atoms with Crippen LogP contribution in [0.15, 0.2) is 0 Å². The molecule has 0 heterocycles. The Kier molecular flexibility index (Phi) is 9.00. The second kappa shape index (κ2) is 8.72. The van der Waals surface area contributed by atoms with Gasteiger partial charge in [-0.25, -0.2) is 0 Å². The zero-order valence-corrected chi connectivity index (χ0v) is 11.6. The predicted molar refractivity (Wildman–Crippen MR) is 67.1 cm³/mol. The van der Waals surface area contributed by atoms with Crippen molar-refractivity contribution < 1.29 is 4.74 Å². The summed E-state index contributed by atoms with van der Waals surface area (Å²) in [7, 11) is 0. The highest BCUT2D eigenvalue weighted by atomic mass is 79.9. The molecule has 0 bridgehead atoms. The molecule has 0 spiro atoms. The second-order valence-corrected chi connectivity index (χ2v) is 5.23. The summed E-state index contributed by atoms with van der Waals surface area (Å²) in [5.74, 6) is 1.42. The number of rotatable bonds is 8. The lowest BCUT2D eigenvalue weighted by atomic mass is 10.1. The van der Waals surface area contributed by atoms with Gasteiger partial charge >= 0.3 is 0 Å². The maximum atomic E-state index is 5.83. The van der Waals surface area contributed by atoms with Crippen LogP contribution in [0, 0.1) is 11.8 Å². The number of ether oxygens (including phenoxy) is 1. The Bertz CT molecular complexity index is 125. The molecule has 0 rings (SSSR count). The standard InChI is InChI=1S/C12H25BrO/c1-5-6-12(8-13)9-14-11(4)7-10(2)3/h10-12H,5-9H2,1-4H3. The molecule has 0 saturated carbocycles. The van der Waals surface area contributed by atoms with E-state index in [9.17, 15) is 0 Å². The lowest BCUT2D eigenvalue weighted by Crippen LogP contribution is -2.18. The van der Waals surface area contributed by atoms with E-state index in [1.165, 1.54) is 19.3 Å². The molecule has 0 aliphatic heterocycles. The Balaban J connectivity index is 3.56. The van der Waals surface area contributed by atoms with E-state index in [4.69, 9.17) is 4.74 Å². The van der Waals surface area contributed by atoms with Crippen LogP contribution >= 0.6 is 15.9 Å². The third-order valence-corrected chi connectivity index (χ3v) is 3.25. The van der Waals surface area contributed by atoms with Crippen LogP contribution in [0.4, 0.5) is 0 Å². The van der Waals surface area contributed by atoms with Crippen LogP contribution in [-0.2, 0) is 4.74 Å². The molecule has 0 aromatic rings. The molecule has 1 nitrogen and oxygen atoms in total. The van der Waals surface area contributed by atoms with E-state index < -0.39 is 0 Å². The number of halogens is 1. The molecule has 2 heteroatoms. The summed E-state index contributed by atoms with van der Waals surface area (Å²) >= 11 is 3.54. The van der Waals surface area contributed by atoms with Gasteiger partial charge in [0.2, 0.25) is 0 Å². The van der Waals surface area contributed by atoms with E-state index in [0.29, 0.717) is 12.0 Å². The van der Waals surface area contributed by atoms with Crippen LogP contribution in [0.3, 0.4) is 0 Å². The zero-order chi connectivity index (χ0) is 11.0. The molecule has 0 fully saturated rings. The molecule has 0 aromatic heterocycles. The van der Waals surface area contributed by atoms with Crippen LogP contribution in [0.25, 0.3) is 0 Å². The molecule has 0 radical (unpaired) electrons. The molecule has 2 unspecified atom stereocenters. The quantitative estimate of drug-likeness (QED) is 0.596. The Labute approximate surface area is 97.7 Å². The van der Waals surface area contributed by atoms with Crippen molar-refractivity contribution in [2.75, 3.05) is 11.9 Å². The third kappa shape index (κ3) is 7.81. The number of hydrogen-bond acceptors (Lipinski definition) is 1. The monoisotopic (exact) mass is 264 g/mol. The summed E-state index contributed by atoms with van der Waals surface area (Å²) in [5.41, 5.74) is 0. The van der Waals surface area contributed by atoms with Gasteiger partial charge in [-0.2, -0.15) is 0 Å². The molecule has 2 atom stereocenters. The molecular formula is C12H25BrO. The first-order chi connectivity index (χ1) is 6.60. The summed E-state index contributed by atoms with van der Waals surface area (Å²) in [6, 6.07) is 0. The molecule has 0 saturated heterocycles. The van der Waals surface area contributed by atoms with Gasteiger partial charge in [0.1, 0.15) is 0 Å². The minimum atomic E-state index is 0.411. The summed E-state index contributed by atoms with van der Waals surface area (Å²) in [5, 5.41) is 1.06. The first kappa shape index (κ1) is 14.4. The molecule has 0 aliphatic rings. The Morgan fingerprint density at radius 2 is 1.86 bits per heavy atom. The topological polar surface area (TPSA) is 9.23 Å². The maximum absolute atomic E-state index is 5.83. The Hall–Kier alpha value is 0.440. The molecule has 0 amide bonds. The molecule has 86 valence electrons. The van der Waals surface area contributed by atoms with E-state index in [0.717, 1.165) is 17.9 Å². The van der Waals surface area contributed by atoms with Crippen LogP contribution in [0.1, 0.15) is 47.0 Å². The van der Waals surface area contributed by atoms with Gasteiger partial charge in [-0.05, 0) is 31.6 Å². The molecule has 0 aliphatic carbocycles. The third-order valence-electron chi connectivity index (χ3n) is 2.33. The number of alkyl halides is 1. The van der Waals surface area contributed by atoms with Gasteiger partial charge in [-0.3, -0.25) is 0 Å². The Morgan fingerprint density at radius 3 is 2.29 bits per heavy atom. The molecule has 0 N–H and O–H groups in total. The van der Waals surface area contributed by atoms with E-state index in [1.54, 1.807) is 0 Å². The van der Waals surface area contributed by atoms with Gasteiger partial charge in [0, 0.05) is 5.33 Å². The molecule has 0 aromatic carbocycles. The lowest BCUT2D eigenvalue weighted by Gasteiger charge is -2.19. The van der Waals surface area contributed by atoms with Gasteiger partial charge in [-0.15, -0.1) is 0 Å². The summed E-state index contributed by atoms with van der Waals surface area (Å²) < 4.78 is 5.83. The fourth-order valence-corrected chi connectivity index (χ4v) is 2.16. The van der Waals surface area contributed by atoms with Crippen LogP contribution in [0.5, 0.6) is 0 Å². The van der Waals surface area contributed by atoms with Gasteiger partial charge in [0.15, 0.2) is 0 Å². The predicted octanol–water partition coefficient (Wildman–Crippen LogP) is 4.25. The van der Waals surface area contributed by atoms with Crippen molar-refractivity contribution in [2.45, 2.75) is 53.1 Å². The van der Waals surface area contributed by atoms with E-state index in [-0.39, 0.29) is 0 Å². The van der Waals surface area contributed by atoms with Crippen molar-refractivity contribution in [1.29, 1.82) is 0 Å². The Morgan fingerprint density at radius 1 is 1.21 bits per heavy atom.